The predicted molar refractivity (Wildman–Crippen MR) is 75.7 cm³/mol. The van der Waals surface area contributed by atoms with Crippen LogP contribution in [0.4, 0.5) is 0 Å². The zero-order chi connectivity index (χ0) is 13.4. The van der Waals surface area contributed by atoms with Crippen LogP contribution in [0.15, 0.2) is 30.5 Å². The van der Waals surface area contributed by atoms with Crippen molar-refractivity contribution in [2.24, 2.45) is 5.92 Å². The Bertz CT molecular complexity index is 357. The molecule has 0 atom stereocenters. The summed E-state index contributed by atoms with van der Waals surface area (Å²) < 4.78 is 5.57. The molecule has 100 valence electrons. The van der Waals surface area contributed by atoms with Gasteiger partial charge in [0.05, 0.1) is 11.9 Å². The highest BCUT2D eigenvalue weighted by atomic mass is 16.5. The van der Waals surface area contributed by atoms with Crippen LogP contribution in [0, 0.1) is 5.92 Å². The van der Waals surface area contributed by atoms with E-state index in [1.807, 2.05) is 12.1 Å². The van der Waals surface area contributed by atoms with Gasteiger partial charge in [-0.1, -0.05) is 27.4 Å². The van der Waals surface area contributed by atoms with Gasteiger partial charge in [-0.15, -0.1) is 0 Å². The summed E-state index contributed by atoms with van der Waals surface area (Å²) in [7, 11) is 0. The van der Waals surface area contributed by atoms with E-state index in [-0.39, 0.29) is 0 Å². The zero-order valence-corrected chi connectivity index (χ0v) is 11.7. The minimum Gasteiger partial charge on any atom is -0.488 e. The van der Waals surface area contributed by atoms with Gasteiger partial charge in [-0.05, 0) is 36.6 Å². The minimum atomic E-state index is 0.573. The van der Waals surface area contributed by atoms with E-state index in [2.05, 4.69) is 37.7 Å². The van der Waals surface area contributed by atoms with Crippen molar-refractivity contribution < 1.29 is 4.74 Å². The smallest absolute Gasteiger partial charge is 0.138 e. The first-order valence-electron chi connectivity index (χ1n) is 6.57. The Hall–Kier alpha value is -1.35. The van der Waals surface area contributed by atoms with Crippen molar-refractivity contribution in [3.05, 3.63) is 36.2 Å². The average Bonchev–Trinajstić information content (AvgIpc) is 2.37. The first-order chi connectivity index (χ1) is 8.61. The Morgan fingerprint density at radius 3 is 2.78 bits per heavy atom. The third kappa shape index (κ3) is 5.82. The quantitative estimate of drug-likeness (QED) is 0.717. The highest BCUT2D eigenvalue weighted by Crippen LogP contribution is 2.10. The second-order valence-corrected chi connectivity index (χ2v) is 4.90. The summed E-state index contributed by atoms with van der Waals surface area (Å²) in [6.45, 7) is 12.8. The number of ether oxygens (including phenoxy) is 1. The summed E-state index contributed by atoms with van der Waals surface area (Å²) in [6, 6.07) is 3.96. The van der Waals surface area contributed by atoms with Gasteiger partial charge in [0, 0.05) is 6.54 Å². The SMILES string of the molecule is C=C(CC)COc1ccc(CNCC(C)C)nc1. The molecule has 1 N–H and O–H groups in total. The van der Waals surface area contributed by atoms with Crippen molar-refractivity contribution in [3.63, 3.8) is 0 Å². The van der Waals surface area contributed by atoms with Crippen molar-refractivity contribution in [1.29, 1.82) is 0 Å². The number of nitrogens with one attached hydrogen (secondary N) is 1. The van der Waals surface area contributed by atoms with Gasteiger partial charge < -0.3 is 10.1 Å². The van der Waals surface area contributed by atoms with Crippen molar-refractivity contribution >= 4 is 0 Å². The molecule has 1 rings (SSSR count). The van der Waals surface area contributed by atoms with E-state index in [1.54, 1.807) is 6.20 Å². The molecule has 0 unspecified atom stereocenters. The zero-order valence-electron chi connectivity index (χ0n) is 11.7. The molecule has 0 aliphatic heterocycles. The maximum Gasteiger partial charge on any atom is 0.138 e. The molecular formula is C15H24N2O. The molecule has 1 aromatic heterocycles. The van der Waals surface area contributed by atoms with Crippen molar-refractivity contribution in [3.8, 4) is 5.75 Å². The molecule has 0 aliphatic rings. The van der Waals surface area contributed by atoms with Gasteiger partial charge in [0.2, 0.25) is 0 Å². The lowest BCUT2D eigenvalue weighted by Gasteiger charge is -2.09. The van der Waals surface area contributed by atoms with Crippen LogP contribution in [0.1, 0.15) is 32.9 Å². The first kappa shape index (κ1) is 14.7. The fraction of sp³-hybridized carbons (Fsp3) is 0.533. The highest BCUT2D eigenvalue weighted by molar-refractivity contribution is 5.20. The van der Waals surface area contributed by atoms with Gasteiger partial charge >= 0.3 is 0 Å². The van der Waals surface area contributed by atoms with Gasteiger partial charge in [-0.2, -0.15) is 0 Å². The molecule has 1 heterocycles. The lowest BCUT2D eigenvalue weighted by molar-refractivity contribution is 0.347. The number of hydrogen-bond donors (Lipinski definition) is 1. The maximum absolute atomic E-state index is 5.57. The normalized spacial score (nSPS) is 10.7. The van der Waals surface area contributed by atoms with Gasteiger partial charge in [-0.25, -0.2) is 0 Å². The van der Waals surface area contributed by atoms with Crippen LogP contribution < -0.4 is 10.1 Å². The van der Waals surface area contributed by atoms with E-state index >= 15 is 0 Å². The molecule has 0 saturated heterocycles. The third-order valence-electron chi connectivity index (χ3n) is 2.60. The largest absolute Gasteiger partial charge is 0.488 e. The molecule has 3 heteroatoms. The standard InChI is InChI=1S/C15H24N2O/c1-5-13(4)11-18-15-7-6-14(17-10-15)9-16-8-12(2)3/h6-7,10,12,16H,4-5,8-9,11H2,1-3H3. The Kier molecular flexibility index (Phi) is 6.44. The highest BCUT2D eigenvalue weighted by Gasteiger charge is 1.99. The molecule has 1 aromatic rings. The monoisotopic (exact) mass is 248 g/mol. The molecule has 0 amide bonds. The molecule has 0 radical (unpaired) electrons. The summed E-state index contributed by atoms with van der Waals surface area (Å²) in [5, 5.41) is 3.36. The fourth-order valence-electron chi connectivity index (χ4n) is 1.38. The topological polar surface area (TPSA) is 34.1 Å². The summed E-state index contributed by atoms with van der Waals surface area (Å²) >= 11 is 0. The van der Waals surface area contributed by atoms with Crippen molar-refractivity contribution in [2.75, 3.05) is 13.2 Å². The third-order valence-corrected chi connectivity index (χ3v) is 2.60. The van der Waals surface area contributed by atoms with Crippen molar-refractivity contribution in [2.45, 2.75) is 33.7 Å². The van der Waals surface area contributed by atoms with Crippen molar-refractivity contribution in [1.82, 2.24) is 10.3 Å². The second kappa shape index (κ2) is 7.88. The van der Waals surface area contributed by atoms with E-state index in [1.165, 1.54) is 0 Å². The van der Waals surface area contributed by atoms with Gasteiger partial charge in [0.25, 0.3) is 0 Å². The summed E-state index contributed by atoms with van der Waals surface area (Å²) in [5.74, 6) is 1.46. The molecule has 0 spiro atoms. The Labute approximate surface area is 110 Å². The van der Waals surface area contributed by atoms with Crippen LogP contribution in [0.25, 0.3) is 0 Å². The van der Waals surface area contributed by atoms with Crippen LogP contribution in [0.3, 0.4) is 0 Å². The van der Waals surface area contributed by atoms with Gasteiger partial charge in [0.15, 0.2) is 0 Å². The number of nitrogens with zero attached hydrogens (tertiary/aromatic N) is 1. The molecule has 18 heavy (non-hydrogen) atoms. The summed E-state index contributed by atoms with van der Waals surface area (Å²) in [4.78, 5) is 4.36. The van der Waals surface area contributed by atoms with E-state index in [9.17, 15) is 0 Å². The number of rotatable bonds is 8. The minimum absolute atomic E-state index is 0.573. The Morgan fingerprint density at radius 1 is 1.44 bits per heavy atom. The number of hydrogen-bond acceptors (Lipinski definition) is 3. The Morgan fingerprint density at radius 2 is 2.22 bits per heavy atom. The fourth-order valence-corrected chi connectivity index (χ4v) is 1.38. The molecule has 0 bridgehead atoms. The van der Waals surface area contributed by atoms with E-state index < -0.39 is 0 Å². The van der Waals surface area contributed by atoms with Gasteiger partial charge in [0.1, 0.15) is 12.4 Å². The van der Waals surface area contributed by atoms with Crippen LogP contribution in [-0.4, -0.2) is 18.1 Å². The molecular weight excluding hydrogens is 224 g/mol. The molecule has 0 aliphatic carbocycles. The molecule has 0 saturated carbocycles. The summed E-state index contributed by atoms with van der Waals surface area (Å²) in [6.07, 6.45) is 2.72. The second-order valence-electron chi connectivity index (χ2n) is 4.90. The summed E-state index contributed by atoms with van der Waals surface area (Å²) in [5.41, 5.74) is 2.13. The lowest BCUT2D eigenvalue weighted by atomic mass is 10.2. The molecule has 0 aromatic carbocycles. The van der Waals surface area contributed by atoms with Crippen LogP contribution in [0.5, 0.6) is 5.75 Å². The van der Waals surface area contributed by atoms with Gasteiger partial charge in [-0.3, -0.25) is 4.98 Å². The van der Waals surface area contributed by atoms with E-state index in [0.717, 1.165) is 36.5 Å². The molecule has 3 nitrogen and oxygen atoms in total. The average molecular weight is 248 g/mol. The molecule has 0 fully saturated rings. The maximum atomic E-state index is 5.57. The number of aromatic nitrogens is 1. The van der Waals surface area contributed by atoms with Crippen LogP contribution in [-0.2, 0) is 6.54 Å². The van der Waals surface area contributed by atoms with Crippen LogP contribution >= 0.6 is 0 Å². The van der Waals surface area contributed by atoms with Crippen LogP contribution in [0.2, 0.25) is 0 Å². The number of pyridine rings is 1. The lowest BCUT2D eigenvalue weighted by Crippen LogP contribution is -2.19. The van der Waals surface area contributed by atoms with E-state index in [4.69, 9.17) is 4.74 Å². The first-order valence-corrected chi connectivity index (χ1v) is 6.57. The van der Waals surface area contributed by atoms with E-state index in [0.29, 0.717) is 12.5 Å². The predicted octanol–water partition coefficient (Wildman–Crippen LogP) is 3.17. The Balaban J connectivity index is 2.35.